The Hall–Kier alpha value is -1.44. The average Bonchev–Trinajstić information content (AvgIpc) is 2.19. The number of nitrogens with zero attached hydrogens (tertiary/aromatic N) is 2. The molecule has 1 fully saturated rings. The Bertz CT molecular complexity index is 393. The van der Waals surface area contributed by atoms with E-state index in [0.717, 1.165) is 0 Å². The normalized spacial score (nSPS) is 19.3. The third-order valence-electron chi connectivity index (χ3n) is 2.63. The number of likely N-dealkylation sites (tertiary alicyclic amines) is 1. The maximum absolute atomic E-state index is 13.4. The van der Waals surface area contributed by atoms with Crippen molar-refractivity contribution in [3.8, 4) is 6.07 Å². The van der Waals surface area contributed by atoms with Crippen molar-refractivity contribution in [2.45, 2.75) is 12.1 Å². The standard InChI is InChI=1S/C11H12FN3/c12-10-4-2-1-3-9(10)11(5-13)15-6-8(14)7-15/h1-4,8,11H,6-7,14H2/t11-/m1/s1. The lowest BCUT2D eigenvalue weighted by Gasteiger charge is -2.39. The number of halogens is 1. The van der Waals surface area contributed by atoms with Gasteiger partial charge in [0.1, 0.15) is 11.9 Å². The van der Waals surface area contributed by atoms with E-state index in [1.807, 2.05) is 4.90 Å². The van der Waals surface area contributed by atoms with Crippen LogP contribution in [0.2, 0.25) is 0 Å². The first kappa shape index (κ1) is 10.1. The molecule has 1 aromatic carbocycles. The van der Waals surface area contributed by atoms with Crippen LogP contribution in [0, 0.1) is 17.1 Å². The molecule has 2 rings (SSSR count). The van der Waals surface area contributed by atoms with Crippen LogP contribution in [-0.4, -0.2) is 24.0 Å². The van der Waals surface area contributed by atoms with Crippen LogP contribution in [0.3, 0.4) is 0 Å². The van der Waals surface area contributed by atoms with Gasteiger partial charge in [-0.3, -0.25) is 4.90 Å². The highest BCUT2D eigenvalue weighted by Gasteiger charge is 2.31. The molecule has 0 unspecified atom stereocenters. The monoisotopic (exact) mass is 205 g/mol. The van der Waals surface area contributed by atoms with E-state index in [0.29, 0.717) is 18.7 Å². The number of hydrogen-bond donors (Lipinski definition) is 1. The van der Waals surface area contributed by atoms with Gasteiger partial charge in [0.25, 0.3) is 0 Å². The zero-order valence-electron chi connectivity index (χ0n) is 8.23. The van der Waals surface area contributed by atoms with Crippen LogP contribution in [0.1, 0.15) is 11.6 Å². The minimum Gasteiger partial charge on any atom is -0.325 e. The molecule has 0 radical (unpaired) electrons. The molecule has 0 aliphatic carbocycles. The summed E-state index contributed by atoms with van der Waals surface area (Å²) in [6, 6.07) is 8.10. The largest absolute Gasteiger partial charge is 0.325 e. The molecule has 2 N–H and O–H groups in total. The summed E-state index contributed by atoms with van der Waals surface area (Å²) in [6.07, 6.45) is 0. The molecule has 0 saturated carbocycles. The molecule has 78 valence electrons. The summed E-state index contributed by atoms with van der Waals surface area (Å²) in [5.74, 6) is -0.329. The van der Waals surface area contributed by atoms with Gasteiger partial charge in [0.2, 0.25) is 0 Å². The molecular weight excluding hydrogens is 193 g/mol. The third kappa shape index (κ3) is 1.84. The molecule has 0 aromatic heterocycles. The van der Waals surface area contributed by atoms with Gasteiger partial charge in [0, 0.05) is 24.7 Å². The van der Waals surface area contributed by atoms with Crippen LogP contribution in [0.4, 0.5) is 4.39 Å². The maximum Gasteiger partial charge on any atom is 0.129 e. The zero-order chi connectivity index (χ0) is 10.8. The summed E-state index contributed by atoms with van der Waals surface area (Å²) in [6.45, 7) is 1.32. The van der Waals surface area contributed by atoms with Crippen LogP contribution in [0.15, 0.2) is 24.3 Å². The van der Waals surface area contributed by atoms with Crippen LogP contribution in [-0.2, 0) is 0 Å². The average molecular weight is 205 g/mol. The second-order valence-corrected chi connectivity index (χ2v) is 3.77. The number of hydrogen-bond acceptors (Lipinski definition) is 3. The smallest absolute Gasteiger partial charge is 0.129 e. The molecule has 1 heterocycles. The van der Waals surface area contributed by atoms with Gasteiger partial charge in [-0.2, -0.15) is 5.26 Å². The fourth-order valence-corrected chi connectivity index (χ4v) is 1.80. The molecule has 1 aliphatic rings. The first-order valence-corrected chi connectivity index (χ1v) is 4.86. The number of nitrogens with two attached hydrogens (primary N) is 1. The fraction of sp³-hybridized carbons (Fsp3) is 0.364. The van der Waals surface area contributed by atoms with Crippen molar-refractivity contribution in [1.82, 2.24) is 4.90 Å². The molecule has 1 saturated heterocycles. The van der Waals surface area contributed by atoms with Crippen molar-refractivity contribution < 1.29 is 4.39 Å². The first-order valence-electron chi connectivity index (χ1n) is 4.86. The van der Waals surface area contributed by atoms with Crippen LogP contribution in [0.5, 0.6) is 0 Å². The van der Waals surface area contributed by atoms with E-state index in [1.165, 1.54) is 6.07 Å². The minimum absolute atomic E-state index is 0.118. The predicted molar refractivity (Wildman–Crippen MR) is 54.3 cm³/mol. The second kappa shape index (κ2) is 3.97. The Labute approximate surface area is 87.9 Å². The summed E-state index contributed by atoms with van der Waals surface area (Å²) in [7, 11) is 0. The van der Waals surface area contributed by atoms with Crippen molar-refractivity contribution in [1.29, 1.82) is 5.26 Å². The lowest BCUT2D eigenvalue weighted by molar-refractivity contribution is 0.119. The Morgan fingerprint density at radius 2 is 2.13 bits per heavy atom. The molecule has 0 spiro atoms. The van der Waals surface area contributed by atoms with Crippen molar-refractivity contribution in [3.63, 3.8) is 0 Å². The van der Waals surface area contributed by atoms with E-state index in [4.69, 9.17) is 11.0 Å². The summed E-state index contributed by atoms with van der Waals surface area (Å²) in [5, 5.41) is 9.03. The molecule has 3 nitrogen and oxygen atoms in total. The van der Waals surface area contributed by atoms with E-state index in [9.17, 15) is 4.39 Å². The van der Waals surface area contributed by atoms with Gasteiger partial charge in [0.05, 0.1) is 6.07 Å². The van der Waals surface area contributed by atoms with Gasteiger partial charge < -0.3 is 5.73 Å². The topological polar surface area (TPSA) is 53.0 Å². The summed E-state index contributed by atoms with van der Waals surface area (Å²) in [5.41, 5.74) is 6.07. The molecule has 1 atom stereocenters. The SMILES string of the molecule is N#C[C@H](c1ccccc1F)N1CC(N)C1. The summed E-state index contributed by atoms with van der Waals surface area (Å²) in [4.78, 5) is 1.88. The van der Waals surface area contributed by atoms with Gasteiger partial charge in [-0.25, -0.2) is 4.39 Å². The molecule has 15 heavy (non-hydrogen) atoms. The van der Waals surface area contributed by atoms with Crippen molar-refractivity contribution in [2.24, 2.45) is 5.73 Å². The van der Waals surface area contributed by atoms with E-state index in [2.05, 4.69) is 6.07 Å². The highest BCUT2D eigenvalue weighted by atomic mass is 19.1. The van der Waals surface area contributed by atoms with Crippen molar-refractivity contribution in [3.05, 3.63) is 35.6 Å². The Kier molecular flexibility index (Phi) is 2.67. The number of nitriles is 1. The molecule has 1 aliphatic heterocycles. The number of benzene rings is 1. The van der Waals surface area contributed by atoms with E-state index in [1.54, 1.807) is 18.2 Å². The maximum atomic E-state index is 13.4. The Morgan fingerprint density at radius 3 is 2.67 bits per heavy atom. The van der Waals surface area contributed by atoms with Gasteiger partial charge in [-0.05, 0) is 6.07 Å². The Balaban J connectivity index is 2.21. The van der Waals surface area contributed by atoms with Crippen LogP contribution >= 0.6 is 0 Å². The molecule has 0 amide bonds. The second-order valence-electron chi connectivity index (χ2n) is 3.77. The number of rotatable bonds is 2. The van der Waals surface area contributed by atoms with Gasteiger partial charge in [0.15, 0.2) is 0 Å². The van der Waals surface area contributed by atoms with Crippen LogP contribution < -0.4 is 5.73 Å². The van der Waals surface area contributed by atoms with Crippen LogP contribution in [0.25, 0.3) is 0 Å². The van der Waals surface area contributed by atoms with E-state index >= 15 is 0 Å². The van der Waals surface area contributed by atoms with E-state index in [-0.39, 0.29) is 11.9 Å². The van der Waals surface area contributed by atoms with Gasteiger partial charge >= 0.3 is 0 Å². The third-order valence-corrected chi connectivity index (χ3v) is 2.63. The highest BCUT2D eigenvalue weighted by molar-refractivity contribution is 5.26. The molecule has 4 heteroatoms. The summed E-state index contributed by atoms with van der Waals surface area (Å²) < 4.78 is 13.4. The fourth-order valence-electron chi connectivity index (χ4n) is 1.80. The first-order chi connectivity index (χ1) is 7.22. The quantitative estimate of drug-likeness (QED) is 0.784. The van der Waals surface area contributed by atoms with Crippen molar-refractivity contribution in [2.75, 3.05) is 13.1 Å². The molecule has 1 aromatic rings. The van der Waals surface area contributed by atoms with Crippen molar-refractivity contribution >= 4 is 0 Å². The molecule has 0 bridgehead atoms. The van der Waals surface area contributed by atoms with Gasteiger partial charge in [-0.15, -0.1) is 0 Å². The van der Waals surface area contributed by atoms with Gasteiger partial charge in [-0.1, -0.05) is 18.2 Å². The lowest BCUT2D eigenvalue weighted by atomic mass is 10.0. The highest BCUT2D eigenvalue weighted by Crippen LogP contribution is 2.26. The zero-order valence-corrected chi connectivity index (χ0v) is 8.23. The summed E-state index contributed by atoms with van der Waals surface area (Å²) >= 11 is 0. The minimum atomic E-state index is -0.508. The van der Waals surface area contributed by atoms with E-state index < -0.39 is 6.04 Å². The molecular formula is C11H12FN3. The Morgan fingerprint density at radius 1 is 1.47 bits per heavy atom. The predicted octanol–water partition coefficient (Wildman–Crippen LogP) is 1.03. The lowest BCUT2D eigenvalue weighted by Crippen LogP contribution is -2.56.